The van der Waals surface area contributed by atoms with Gasteiger partial charge < -0.3 is 15.2 Å². The molecule has 4 nitrogen and oxygen atoms in total. The fraction of sp³-hybridized carbons (Fsp3) is 0.222. The van der Waals surface area contributed by atoms with Gasteiger partial charge in [-0.15, -0.1) is 0 Å². The fourth-order valence-corrected chi connectivity index (χ4v) is 1.53. The quantitative estimate of drug-likeness (QED) is 0.744. The molecule has 0 amide bonds. The zero-order valence-corrected chi connectivity index (χ0v) is 7.91. The third kappa shape index (κ3) is 1.48. The van der Waals surface area contributed by atoms with E-state index in [1.54, 1.807) is 18.2 Å². The molecule has 0 aromatic heterocycles. The average molecular weight is 214 g/mol. The minimum atomic E-state index is -0.935. The third-order valence-electron chi connectivity index (χ3n) is 1.99. The highest BCUT2D eigenvalue weighted by Crippen LogP contribution is 2.35. The van der Waals surface area contributed by atoms with Crippen molar-refractivity contribution in [1.29, 1.82) is 0 Å². The third-order valence-corrected chi connectivity index (χ3v) is 2.29. The maximum atomic E-state index is 10.7. The minimum Gasteiger partial charge on any atom is -0.487 e. The SMILES string of the molecule is O=C(O)C1COc2c(Cl)cccc2N1. The first kappa shape index (κ1) is 9.15. The van der Waals surface area contributed by atoms with Gasteiger partial charge in [0.15, 0.2) is 11.8 Å². The Balaban J connectivity index is 2.31. The van der Waals surface area contributed by atoms with E-state index in [4.69, 9.17) is 21.4 Å². The van der Waals surface area contributed by atoms with E-state index in [-0.39, 0.29) is 6.61 Å². The highest BCUT2D eigenvalue weighted by atomic mass is 35.5. The Labute approximate surface area is 85.4 Å². The van der Waals surface area contributed by atoms with E-state index in [1.165, 1.54) is 0 Å². The molecular formula is C9H8ClNO3. The van der Waals surface area contributed by atoms with Gasteiger partial charge >= 0.3 is 5.97 Å². The number of halogens is 1. The van der Waals surface area contributed by atoms with Crippen LogP contribution in [0.4, 0.5) is 5.69 Å². The van der Waals surface area contributed by atoms with Gasteiger partial charge in [-0.1, -0.05) is 17.7 Å². The van der Waals surface area contributed by atoms with Crippen molar-refractivity contribution in [3.8, 4) is 5.75 Å². The van der Waals surface area contributed by atoms with E-state index in [9.17, 15) is 4.79 Å². The molecule has 2 rings (SSSR count). The Kier molecular flexibility index (Phi) is 2.21. The van der Waals surface area contributed by atoms with Crippen LogP contribution in [0.15, 0.2) is 18.2 Å². The van der Waals surface area contributed by atoms with E-state index in [0.717, 1.165) is 0 Å². The number of nitrogens with one attached hydrogen (secondary N) is 1. The lowest BCUT2D eigenvalue weighted by Crippen LogP contribution is -2.38. The van der Waals surface area contributed by atoms with E-state index >= 15 is 0 Å². The van der Waals surface area contributed by atoms with Crippen molar-refractivity contribution in [3.63, 3.8) is 0 Å². The van der Waals surface area contributed by atoms with Gasteiger partial charge in [-0.05, 0) is 12.1 Å². The summed E-state index contributed by atoms with van der Waals surface area (Å²) in [6.45, 7) is 0.0894. The molecule has 0 saturated heterocycles. The van der Waals surface area contributed by atoms with Crippen LogP contribution in [0.3, 0.4) is 0 Å². The zero-order chi connectivity index (χ0) is 10.1. The highest BCUT2D eigenvalue weighted by Gasteiger charge is 2.25. The number of para-hydroxylation sites is 1. The number of aliphatic carboxylic acids is 1. The van der Waals surface area contributed by atoms with Gasteiger partial charge in [0.25, 0.3) is 0 Å². The number of rotatable bonds is 1. The molecule has 1 aromatic carbocycles. The number of anilines is 1. The van der Waals surface area contributed by atoms with Crippen LogP contribution < -0.4 is 10.1 Å². The number of benzene rings is 1. The van der Waals surface area contributed by atoms with E-state index in [0.29, 0.717) is 16.5 Å². The van der Waals surface area contributed by atoms with Crippen LogP contribution in [-0.4, -0.2) is 23.7 Å². The average Bonchev–Trinajstić information content (AvgIpc) is 2.17. The smallest absolute Gasteiger partial charge is 0.329 e. The second-order valence-corrected chi connectivity index (χ2v) is 3.37. The van der Waals surface area contributed by atoms with Gasteiger partial charge in [-0.3, -0.25) is 0 Å². The van der Waals surface area contributed by atoms with Crippen LogP contribution in [-0.2, 0) is 4.79 Å². The second-order valence-electron chi connectivity index (χ2n) is 2.96. The number of hydrogen-bond donors (Lipinski definition) is 2. The molecule has 0 aliphatic carbocycles. The van der Waals surface area contributed by atoms with Crippen molar-refractivity contribution >= 4 is 23.3 Å². The first-order valence-corrected chi connectivity index (χ1v) is 4.47. The first-order valence-electron chi connectivity index (χ1n) is 4.09. The standard InChI is InChI=1S/C9H8ClNO3/c10-5-2-1-3-6-8(5)14-4-7(11-6)9(12)13/h1-3,7,11H,4H2,(H,12,13). The van der Waals surface area contributed by atoms with Crippen LogP contribution in [0.25, 0.3) is 0 Å². The van der Waals surface area contributed by atoms with Crippen molar-refractivity contribution in [2.24, 2.45) is 0 Å². The van der Waals surface area contributed by atoms with Gasteiger partial charge in [-0.2, -0.15) is 0 Å². The summed E-state index contributed by atoms with van der Waals surface area (Å²) in [6, 6.07) is 4.46. The maximum Gasteiger partial charge on any atom is 0.329 e. The van der Waals surface area contributed by atoms with Gasteiger partial charge in [0, 0.05) is 0 Å². The molecule has 0 spiro atoms. The van der Waals surface area contributed by atoms with Crippen molar-refractivity contribution in [2.45, 2.75) is 6.04 Å². The summed E-state index contributed by atoms with van der Waals surface area (Å²) in [5, 5.41) is 12.1. The van der Waals surface area contributed by atoms with Crippen LogP contribution in [0.5, 0.6) is 5.75 Å². The van der Waals surface area contributed by atoms with Crippen LogP contribution in [0, 0.1) is 0 Å². The molecule has 1 atom stereocenters. The molecule has 74 valence electrons. The summed E-state index contributed by atoms with van der Waals surface area (Å²) in [6.07, 6.45) is 0. The Morgan fingerprint density at radius 1 is 1.64 bits per heavy atom. The predicted octanol–water partition coefficient (Wildman–Crippen LogP) is 1.60. The van der Waals surface area contributed by atoms with Gasteiger partial charge in [0.2, 0.25) is 0 Å². The molecule has 2 N–H and O–H groups in total. The number of carboxylic acid groups (broad SMARTS) is 1. The molecule has 0 fully saturated rings. The van der Waals surface area contributed by atoms with Crippen molar-refractivity contribution < 1.29 is 14.6 Å². The van der Waals surface area contributed by atoms with Crippen molar-refractivity contribution in [3.05, 3.63) is 23.2 Å². The minimum absolute atomic E-state index is 0.0894. The van der Waals surface area contributed by atoms with E-state index in [2.05, 4.69) is 5.32 Å². The Morgan fingerprint density at radius 3 is 3.14 bits per heavy atom. The topological polar surface area (TPSA) is 58.6 Å². The molecular weight excluding hydrogens is 206 g/mol. The van der Waals surface area contributed by atoms with E-state index in [1.807, 2.05) is 0 Å². The summed E-state index contributed by atoms with van der Waals surface area (Å²) in [5.41, 5.74) is 0.621. The van der Waals surface area contributed by atoms with Crippen LogP contribution >= 0.6 is 11.6 Å². The maximum absolute atomic E-state index is 10.7. The number of carboxylic acids is 1. The highest BCUT2D eigenvalue weighted by molar-refractivity contribution is 6.32. The lowest BCUT2D eigenvalue weighted by atomic mass is 10.2. The molecule has 5 heteroatoms. The predicted molar refractivity (Wildman–Crippen MR) is 52.0 cm³/mol. The Hall–Kier alpha value is -1.42. The molecule has 1 heterocycles. The lowest BCUT2D eigenvalue weighted by Gasteiger charge is -2.25. The molecule has 14 heavy (non-hydrogen) atoms. The Bertz CT molecular complexity index is 380. The van der Waals surface area contributed by atoms with Crippen molar-refractivity contribution in [1.82, 2.24) is 0 Å². The summed E-state index contributed by atoms with van der Waals surface area (Å²) >= 11 is 5.86. The summed E-state index contributed by atoms with van der Waals surface area (Å²) in [4.78, 5) is 10.7. The number of fused-ring (bicyclic) bond motifs is 1. The first-order chi connectivity index (χ1) is 6.68. The second kappa shape index (κ2) is 3.38. The summed E-state index contributed by atoms with van der Waals surface area (Å²) < 4.78 is 5.25. The van der Waals surface area contributed by atoms with Gasteiger partial charge in [0.05, 0.1) is 10.7 Å². The molecule has 1 aliphatic heterocycles. The number of carbonyl (C=O) groups is 1. The largest absolute Gasteiger partial charge is 0.487 e. The molecule has 0 radical (unpaired) electrons. The van der Waals surface area contributed by atoms with Crippen LogP contribution in [0.1, 0.15) is 0 Å². The van der Waals surface area contributed by atoms with Gasteiger partial charge in [0.1, 0.15) is 6.61 Å². The zero-order valence-electron chi connectivity index (χ0n) is 7.16. The Morgan fingerprint density at radius 2 is 2.43 bits per heavy atom. The normalized spacial score (nSPS) is 19.1. The lowest BCUT2D eigenvalue weighted by molar-refractivity contribution is -0.138. The monoisotopic (exact) mass is 213 g/mol. The molecule has 1 aromatic rings. The summed E-state index contributed by atoms with van der Waals surface area (Å²) in [5.74, 6) is -0.415. The molecule has 1 unspecified atom stereocenters. The number of hydrogen-bond acceptors (Lipinski definition) is 3. The van der Waals surface area contributed by atoms with Crippen molar-refractivity contribution in [2.75, 3.05) is 11.9 Å². The molecule has 0 bridgehead atoms. The number of ether oxygens (including phenoxy) is 1. The van der Waals surface area contributed by atoms with E-state index < -0.39 is 12.0 Å². The van der Waals surface area contributed by atoms with Gasteiger partial charge in [-0.25, -0.2) is 4.79 Å². The molecule has 1 aliphatic rings. The fourth-order valence-electron chi connectivity index (χ4n) is 1.30. The van der Waals surface area contributed by atoms with Crippen LogP contribution in [0.2, 0.25) is 5.02 Å². The summed E-state index contributed by atoms with van der Waals surface area (Å²) in [7, 11) is 0. The molecule has 0 saturated carbocycles.